The van der Waals surface area contributed by atoms with E-state index in [1.54, 1.807) is 12.1 Å². The van der Waals surface area contributed by atoms with Crippen LogP contribution in [0.25, 0.3) is 0 Å². The zero-order chi connectivity index (χ0) is 12.8. The summed E-state index contributed by atoms with van der Waals surface area (Å²) in [6.07, 6.45) is 7.48. The monoisotopic (exact) mass is 394 g/mol. The van der Waals surface area contributed by atoms with Crippen molar-refractivity contribution in [3.63, 3.8) is 0 Å². The Bertz CT molecular complexity index is 587. The predicted molar refractivity (Wildman–Crippen MR) is 62.7 cm³/mol. The number of nitriles is 2. The molecule has 6 heteroatoms. The number of rotatable bonds is 3. The topological polar surface area (TPSA) is 55.3 Å². The Hall–Kier alpha value is -1.76. The van der Waals surface area contributed by atoms with Crippen LogP contribution in [0.3, 0.4) is 0 Å². The Kier molecular flexibility index (Phi) is 8.38. The van der Waals surface area contributed by atoms with Gasteiger partial charge in [0.05, 0.1) is 0 Å². The molecule has 0 saturated heterocycles. The minimum atomic E-state index is 0. The zero-order valence-electron chi connectivity index (χ0n) is 10.6. The second-order valence-electron chi connectivity index (χ2n) is 3.88. The van der Waals surface area contributed by atoms with Gasteiger partial charge in [0.25, 0.3) is 0 Å². The van der Waals surface area contributed by atoms with Crippen LogP contribution < -0.4 is 43.1 Å². The molecule has 0 saturated carbocycles. The van der Waals surface area contributed by atoms with Crippen molar-refractivity contribution >= 4 is 0 Å². The molecule has 0 aromatic carbocycles. The van der Waals surface area contributed by atoms with E-state index >= 15 is 0 Å². The molecular formula is C14H12Br2N4. The summed E-state index contributed by atoms with van der Waals surface area (Å²) in [5, 5.41) is 17.6. The van der Waals surface area contributed by atoms with Gasteiger partial charge >= 0.3 is 0 Å². The lowest BCUT2D eigenvalue weighted by Gasteiger charge is -1.95. The van der Waals surface area contributed by atoms with Gasteiger partial charge < -0.3 is 34.0 Å². The Balaban J connectivity index is 0.00000180. The average Bonchev–Trinajstić information content (AvgIpc) is 2.45. The van der Waals surface area contributed by atoms with Gasteiger partial charge in [-0.1, -0.05) is 0 Å². The standard InChI is InChI=1S/C14H12N4.2BrH/c15-9-13-3-1-5-17(11-13)7-8-18-6-2-4-14(10-16)12-18;;/h1-6,11-12H,7-8H2;2*1H/q+2;;/p-2. The molecule has 4 nitrogen and oxygen atoms in total. The molecule has 2 rings (SSSR count). The molecule has 0 bridgehead atoms. The van der Waals surface area contributed by atoms with Crippen LogP contribution in [0.1, 0.15) is 11.1 Å². The maximum absolute atomic E-state index is 8.81. The third-order valence-electron chi connectivity index (χ3n) is 2.59. The van der Waals surface area contributed by atoms with Gasteiger partial charge in [0, 0.05) is 12.1 Å². The Morgan fingerprint density at radius 1 is 0.800 bits per heavy atom. The molecule has 102 valence electrons. The van der Waals surface area contributed by atoms with Crippen molar-refractivity contribution in [2.75, 3.05) is 0 Å². The number of halogens is 2. The third-order valence-corrected chi connectivity index (χ3v) is 2.59. The first-order chi connectivity index (χ1) is 8.81. The number of aryl methyl sites for hydroxylation is 2. The smallest absolute Gasteiger partial charge is 0.206 e. The lowest BCUT2D eigenvalue weighted by atomic mass is 10.3. The molecule has 0 aliphatic rings. The van der Waals surface area contributed by atoms with Crippen LogP contribution in [0, 0.1) is 22.7 Å². The molecule has 0 N–H and O–H groups in total. The van der Waals surface area contributed by atoms with Crippen LogP contribution in [-0.2, 0) is 13.1 Å². The van der Waals surface area contributed by atoms with Gasteiger partial charge in [-0.15, -0.1) is 0 Å². The molecule has 0 amide bonds. The minimum Gasteiger partial charge on any atom is -1.00 e. The fraction of sp³-hybridized carbons (Fsp3) is 0.143. The van der Waals surface area contributed by atoms with Crippen LogP contribution in [-0.4, -0.2) is 0 Å². The van der Waals surface area contributed by atoms with Crippen LogP contribution in [0.5, 0.6) is 0 Å². The normalized spacial score (nSPS) is 8.50. The predicted octanol–water partition coefficient (Wildman–Crippen LogP) is -5.29. The highest BCUT2D eigenvalue weighted by Gasteiger charge is 2.07. The van der Waals surface area contributed by atoms with Gasteiger partial charge in [-0.2, -0.15) is 19.7 Å². The molecule has 2 heterocycles. The van der Waals surface area contributed by atoms with E-state index in [9.17, 15) is 0 Å². The molecule has 2 aromatic heterocycles. The Labute approximate surface area is 139 Å². The van der Waals surface area contributed by atoms with Crippen molar-refractivity contribution in [1.29, 1.82) is 10.5 Å². The second-order valence-corrected chi connectivity index (χ2v) is 3.88. The summed E-state index contributed by atoms with van der Waals surface area (Å²) in [5.74, 6) is 0. The first kappa shape index (κ1) is 18.2. The molecule has 0 radical (unpaired) electrons. The summed E-state index contributed by atoms with van der Waals surface area (Å²) >= 11 is 0. The summed E-state index contributed by atoms with van der Waals surface area (Å²) in [7, 11) is 0. The van der Waals surface area contributed by atoms with Crippen LogP contribution >= 0.6 is 0 Å². The minimum absolute atomic E-state index is 0. The highest BCUT2D eigenvalue weighted by atomic mass is 79.9. The molecule has 0 atom stereocenters. The van der Waals surface area contributed by atoms with Crippen LogP contribution in [0.15, 0.2) is 49.1 Å². The molecule has 0 aliphatic heterocycles. The molecule has 20 heavy (non-hydrogen) atoms. The molecule has 0 unspecified atom stereocenters. The second kappa shape index (κ2) is 9.19. The first-order valence-electron chi connectivity index (χ1n) is 5.60. The highest BCUT2D eigenvalue weighted by Crippen LogP contribution is 1.91. The van der Waals surface area contributed by atoms with Gasteiger partial charge in [0.2, 0.25) is 13.1 Å². The average molecular weight is 396 g/mol. The summed E-state index contributed by atoms with van der Waals surface area (Å²) < 4.78 is 3.93. The maximum atomic E-state index is 8.81. The van der Waals surface area contributed by atoms with E-state index in [1.807, 2.05) is 46.1 Å². The lowest BCUT2D eigenvalue weighted by Crippen LogP contribution is -3.00. The molecule has 0 fully saturated rings. The van der Waals surface area contributed by atoms with E-state index < -0.39 is 0 Å². The van der Waals surface area contributed by atoms with Gasteiger partial charge in [-0.25, -0.2) is 0 Å². The first-order valence-corrected chi connectivity index (χ1v) is 5.60. The van der Waals surface area contributed by atoms with Crippen molar-refractivity contribution < 1.29 is 43.1 Å². The number of hydrogen-bond acceptors (Lipinski definition) is 2. The number of aromatic nitrogens is 2. The maximum Gasteiger partial charge on any atom is 0.206 e. The summed E-state index contributed by atoms with van der Waals surface area (Å²) in [5.41, 5.74) is 1.29. The van der Waals surface area contributed by atoms with Crippen LogP contribution in [0.4, 0.5) is 0 Å². The van der Waals surface area contributed by atoms with E-state index in [1.165, 1.54) is 0 Å². The molecule has 0 spiro atoms. The quantitative estimate of drug-likeness (QED) is 0.487. The van der Waals surface area contributed by atoms with Crippen LogP contribution in [0.2, 0.25) is 0 Å². The fourth-order valence-electron chi connectivity index (χ4n) is 1.69. The van der Waals surface area contributed by atoms with Gasteiger partial charge in [0.15, 0.2) is 24.8 Å². The summed E-state index contributed by atoms with van der Waals surface area (Å²) in [6, 6.07) is 11.5. The Morgan fingerprint density at radius 2 is 1.20 bits per heavy atom. The Morgan fingerprint density at radius 3 is 1.55 bits per heavy atom. The van der Waals surface area contributed by atoms with Crippen molar-refractivity contribution in [1.82, 2.24) is 0 Å². The van der Waals surface area contributed by atoms with Gasteiger partial charge in [-0.3, -0.25) is 0 Å². The van der Waals surface area contributed by atoms with E-state index in [4.69, 9.17) is 10.5 Å². The van der Waals surface area contributed by atoms with E-state index in [0.717, 1.165) is 13.1 Å². The largest absolute Gasteiger partial charge is 1.00 e. The lowest BCUT2D eigenvalue weighted by molar-refractivity contribution is -0.778. The van der Waals surface area contributed by atoms with Gasteiger partial charge in [0.1, 0.15) is 23.3 Å². The molecular weight excluding hydrogens is 384 g/mol. The van der Waals surface area contributed by atoms with Crippen molar-refractivity contribution in [3.8, 4) is 12.1 Å². The number of pyridine rings is 2. The number of nitrogens with zero attached hydrogens (tertiary/aromatic N) is 4. The van der Waals surface area contributed by atoms with E-state index in [2.05, 4.69) is 12.1 Å². The van der Waals surface area contributed by atoms with E-state index in [0.29, 0.717) is 11.1 Å². The van der Waals surface area contributed by atoms with Crippen molar-refractivity contribution in [2.24, 2.45) is 0 Å². The highest BCUT2D eigenvalue weighted by molar-refractivity contribution is 5.22. The van der Waals surface area contributed by atoms with E-state index in [-0.39, 0.29) is 34.0 Å². The fourth-order valence-corrected chi connectivity index (χ4v) is 1.69. The van der Waals surface area contributed by atoms with Crippen molar-refractivity contribution in [2.45, 2.75) is 13.1 Å². The SMILES string of the molecule is N#Cc1ccc[n+](CC[n+]2cccc(C#N)c2)c1.[Br-].[Br-]. The molecule has 0 aliphatic carbocycles. The molecule has 2 aromatic rings. The third kappa shape index (κ3) is 5.08. The van der Waals surface area contributed by atoms with Crippen molar-refractivity contribution in [3.05, 3.63) is 60.2 Å². The summed E-state index contributed by atoms with van der Waals surface area (Å²) in [4.78, 5) is 0. The zero-order valence-corrected chi connectivity index (χ0v) is 13.7. The van der Waals surface area contributed by atoms with Gasteiger partial charge in [-0.05, 0) is 12.1 Å². The summed E-state index contributed by atoms with van der Waals surface area (Å²) in [6.45, 7) is 1.52. The number of hydrogen-bond donors (Lipinski definition) is 0.